The standard InChI is InChI=1S/C21H30N4O2S2/c1-22-20(23-15-18-11-12-19(28-18)29(26,27)25(2)3)24-16-21(13-7-8-14-21)17-9-5-4-6-10-17/h4-6,9-12H,7-8,13-16H2,1-3H3,(H2,22,23,24). The molecule has 1 saturated carbocycles. The first-order chi connectivity index (χ1) is 13.9. The van der Waals surface area contributed by atoms with E-state index in [0.29, 0.717) is 10.8 Å². The molecule has 2 aromatic rings. The van der Waals surface area contributed by atoms with Crippen LogP contribution in [0.4, 0.5) is 0 Å². The minimum atomic E-state index is -3.38. The van der Waals surface area contributed by atoms with Gasteiger partial charge >= 0.3 is 0 Å². The van der Waals surface area contributed by atoms with Crippen LogP contribution < -0.4 is 10.6 Å². The first-order valence-corrected chi connectivity index (χ1v) is 12.1. The van der Waals surface area contributed by atoms with E-state index in [2.05, 4.69) is 46.0 Å². The molecule has 0 unspecified atom stereocenters. The molecule has 6 nitrogen and oxygen atoms in total. The molecular weight excluding hydrogens is 404 g/mol. The summed E-state index contributed by atoms with van der Waals surface area (Å²) in [5.74, 6) is 0.734. The smallest absolute Gasteiger partial charge is 0.252 e. The van der Waals surface area contributed by atoms with Crippen molar-refractivity contribution in [1.29, 1.82) is 0 Å². The number of rotatable bonds is 7. The van der Waals surface area contributed by atoms with E-state index in [1.807, 2.05) is 6.07 Å². The Bertz CT molecular complexity index is 931. The van der Waals surface area contributed by atoms with Crippen molar-refractivity contribution in [3.05, 3.63) is 52.9 Å². The van der Waals surface area contributed by atoms with Crippen molar-refractivity contribution in [3.8, 4) is 0 Å². The van der Waals surface area contributed by atoms with Gasteiger partial charge in [-0.15, -0.1) is 11.3 Å². The summed E-state index contributed by atoms with van der Waals surface area (Å²) in [6.07, 6.45) is 4.86. The maximum absolute atomic E-state index is 12.2. The van der Waals surface area contributed by atoms with Gasteiger partial charge in [0.1, 0.15) is 4.21 Å². The molecule has 0 aliphatic heterocycles. The molecule has 0 spiro atoms. The molecule has 0 atom stereocenters. The van der Waals surface area contributed by atoms with E-state index in [-0.39, 0.29) is 5.41 Å². The molecule has 8 heteroatoms. The maximum Gasteiger partial charge on any atom is 0.252 e. The number of hydrogen-bond acceptors (Lipinski definition) is 4. The molecule has 1 heterocycles. The molecule has 158 valence electrons. The highest BCUT2D eigenvalue weighted by molar-refractivity contribution is 7.91. The SMILES string of the molecule is CN=C(NCc1ccc(S(=O)(=O)N(C)C)s1)NCC1(c2ccccc2)CCCC1. The number of aliphatic imine (C=N–C) groups is 1. The Morgan fingerprint density at radius 2 is 1.79 bits per heavy atom. The van der Waals surface area contributed by atoms with Crippen LogP contribution in [0.1, 0.15) is 36.1 Å². The predicted molar refractivity (Wildman–Crippen MR) is 120 cm³/mol. The Morgan fingerprint density at radius 1 is 1.10 bits per heavy atom. The molecule has 1 aliphatic carbocycles. The second-order valence-corrected chi connectivity index (χ2v) is 11.2. The van der Waals surface area contributed by atoms with Gasteiger partial charge in [-0.1, -0.05) is 43.2 Å². The Balaban J connectivity index is 1.61. The zero-order chi connectivity index (χ0) is 20.9. The van der Waals surface area contributed by atoms with Crippen LogP contribution in [-0.4, -0.2) is 46.4 Å². The lowest BCUT2D eigenvalue weighted by Gasteiger charge is -2.30. The number of benzene rings is 1. The van der Waals surface area contributed by atoms with E-state index >= 15 is 0 Å². The summed E-state index contributed by atoms with van der Waals surface area (Å²) < 4.78 is 26.1. The minimum Gasteiger partial charge on any atom is -0.356 e. The van der Waals surface area contributed by atoms with Gasteiger partial charge in [-0.3, -0.25) is 4.99 Å². The number of nitrogens with one attached hydrogen (secondary N) is 2. The van der Waals surface area contributed by atoms with Gasteiger partial charge in [0, 0.05) is 38.0 Å². The third-order valence-corrected chi connectivity index (χ3v) is 8.93. The summed E-state index contributed by atoms with van der Waals surface area (Å²) >= 11 is 1.29. The van der Waals surface area contributed by atoms with Crippen molar-refractivity contribution < 1.29 is 8.42 Å². The molecule has 1 aromatic carbocycles. The fraction of sp³-hybridized carbons (Fsp3) is 0.476. The highest BCUT2D eigenvalue weighted by Gasteiger charge is 2.35. The lowest BCUT2D eigenvalue weighted by atomic mass is 9.79. The summed E-state index contributed by atoms with van der Waals surface area (Å²) in [4.78, 5) is 5.30. The molecule has 2 N–H and O–H groups in total. The van der Waals surface area contributed by atoms with Gasteiger partial charge in [0.2, 0.25) is 0 Å². The maximum atomic E-state index is 12.2. The second-order valence-electron chi connectivity index (χ2n) is 7.64. The van der Waals surface area contributed by atoms with E-state index in [9.17, 15) is 8.42 Å². The summed E-state index contributed by atoms with van der Waals surface area (Å²) in [6, 6.07) is 14.2. The highest BCUT2D eigenvalue weighted by atomic mass is 32.2. The molecule has 0 radical (unpaired) electrons. The summed E-state index contributed by atoms with van der Waals surface area (Å²) in [5.41, 5.74) is 1.53. The fourth-order valence-corrected chi connectivity index (χ4v) is 6.29. The Kier molecular flexibility index (Phi) is 6.97. The average molecular weight is 435 g/mol. The van der Waals surface area contributed by atoms with E-state index in [0.717, 1.165) is 17.4 Å². The third-order valence-electron chi connectivity index (χ3n) is 5.57. The molecule has 1 aliphatic rings. The number of guanidine groups is 1. The van der Waals surface area contributed by atoms with Crippen molar-refractivity contribution >= 4 is 27.3 Å². The van der Waals surface area contributed by atoms with Crippen LogP contribution in [0.2, 0.25) is 0 Å². The number of hydrogen-bond donors (Lipinski definition) is 2. The molecular formula is C21H30N4O2S2. The van der Waals surface area contributed by atoms with Crippen molar-refractivity contribution in [3.63, 3.8) is 0 Å². The molecule has 29 heavy (non-hydrogen) atoms. The summed E-state index contributed by atoms with van der Waals surface area (Å²) in [5, 5.41) is 6.81. The largest absolute Gasteiger partial charge is 0.356 e. The van der Waals surface area contributed by atoms with Crippen molar-refractivity contribution in [2.45, 2.75) is 41.9 Å². The normalized spacial score (nSPS) is 16.9. The van der Waals surface area contributed by atoms with Crippen LogP contribution >= 0.6 is 11.3 Å². The van der Waals surface area contributed by atoms with E-state index in [1.54, 1.807) is 27.2 Å². The van der Waals surface area contributed by atoms with Crippen molar-refractivity contribution in [1.82, 2.24) is 14.9 Å². The van der Waals surface area contributed by atoms with Gasteiger partial charge in [-0.2, -0.15) is 0 Å². The van der Waals surface area contributed by atoms with Gasteiger partial charge in [0.15, 0.2) is 5.96 Å². The van der Waals surface area contributed by atoms with E-state index in [1.165, 1.54) is 46.9 Å². The van der Waals surface area contributed by atoms with Gasteiger partial charge < -0.3 is 10.6 Å². The Hall–Kier alpha value is -1.90. The average Bonchev–Trinajstić information content (AvgIpc) is 3.39. The minimum absolute atomic E-state index is 0.148. The number of thiophene rings is 1. The van der Waals surface area contributed by atoms with Crippen LogP contribution in [0.5, 0.6) is 0 Å². The quantitative estimate of drug-likeness (QED) is 0.519. The van der Waals surface area contributed by atoms with Crippen LogP contribution in [0.15, 0.2) is 51.7 Å². The lowest BCUT2D eigenvalue weighted by Crippen LogP contribution is -2.44. The second kappa shape index (κ2) is 9.28. The molecule has 0 amide bonds. The van der Waals surface area contributed by atoms with Crippen molar-refractivity contribution in [2.75, 3.05) is 27.7 Å². The fourth-order valence-electron chi connectivity index (χ4n) is 3.83. The topological polar surface area (TPSA) is 73.8 Å². The van der Waals surface area contributed by atoms with Gasteiger partial charge in [-0.25, -0.2) is 12.7 Å². The number of nitrogens with zero attached hydrogens (tertiary/aromatic N) is 2. The van der Waals surface area contributed by atoms with Crippen LogP contribution in [0.3, 0.4) is 0 Å². The van der Waals surface area contributed by atoms with Crippen molar-refractivity contribution in [2.24, 2.45) is 4.99 Å². The van der Waals surface area contributed by atoms with Gasteiger partial charge in [0.25, 0.3) is 10.0 Å². The van der Waals surface area contributed by atoms with E-state index < -0.39 is 10.0 Å². The molecule has 0 saturated heterocycles. The van der Waals surface area contributed by atoms with Crippen LogP contribution in [-0.2, 0) is 22.0 Å². The molecule has 1 aromatic heterocycles. The third kappa shape index (κ3) is 4.99. The van der Waals surface area contributed by atoms with E-state index in [4.69, 9.17) is 0 Å². The van der Waals surface area contributed by atoms with Crippen LogP contribution in [0.25, 0.3) is 0 Å². The first kappa shape index (κ1) is 21.8. The number of sulfonamides is 1. The van der Waals surface area contributed by atoms with Gasteiger partial charge in [-0.05, 0) is 30.5 Å². The predicted octanol–water partition coefficient (Wildman–Crippen LogP) is 3.18. The monoisotopic (exact) mass is 434 g/mol. The lowest BCUT2D eigenvalue weighted by molar-refractivity contribution is 0.432. The Labute approximate surface area is 178 Å². The van der Waals surface area contributed by atoms with Gasteiger partial charge in [0.05, 0.1) is 6.54 Å². The van der Waals surface area contributed by atoms with Crippen LogP contribution in [0, 0.1) is 0 Å². The summed E-state index contributed by atoms with van der Waals surface area (Å²) in [6.45, 7) is 1.37. The first-order valence-electron chi connectivity index (χ1n) is 9.89. The highest BCUT2D eigenvalue weighted by Crippen LogP contribution is 2.40. The zero-order valence-electron chi connectivity index (χ0n) is 17.3. The zero-order valence-corrected chi connectivity index (χ0v) is 18.9. The Morgan fingerprint density at radius 3 is 2.41 bits per heavy atom. The molecule has 0 bridgehead atoms. The summed E-state index contributed by atoms with van der Waals surface area (Å²) in [7, 11) is 1.47. The molecule has 3 rings (SSSR count). The molecule has 1 fully saturated rings.